The predicted molar refractivity (Wildman–Crippen MR) is 73.7 cm³/mol. The molecule has 1 rings (SSSR count). The number of rotatable bonds is 6. The highest BCUT2D eigenvalue weighted by molar-refractivity contribution is 5.74. The van der Waals surface area contributed by atoms with Gasteiger partial charge in [0, 0.05) is 32.8 Å². The van der Waals surface area contributed by atoms with Gasteiger partial charge in [-0.05, 0) is 44.9 Å². The Morgan fingerprint density at radius 2 is 2.11 bits per heavy atom. The maximum absolute atomic E-state index is 12.0. The minimum Gasteiger partial charge on any atom is -0.385 e. The van der Waals surface area contributed by atoms with Crippen molar-refractivity contribution >= 4 is 6.03 Å². The Hall–Kier alpha value is -0.770. The zero-order valence-electron chi connectivity index (χ0n) is 12.1. The Labute approximate surface area is 111 Å². The highest BCUT2D eigenvalue weighted by Gasteiger charge is 2.26. The van der Waals surface area contributed by atoms with Crippen molar-refractivity contribution in [2.75, 3.05) is 26.8 Å². The number of hydrogen-bond donors (Lipinski definition) is 1. The third-order valence-electron chi connectivity index (χ3n) is 3.70. The van der Waals surface area contributed by atoms with Crippen LogP contribution >= 0.6 is 0 Å². The largest absolute Gasteiger partial charge is 0.385 e. The van der Waals surface area contributed by atoms with Crippen molar-refractivity contribution in [1.29, 1.82) is 0 Å². The highest BCUT2D eigenvalue weighted by Crippen LogP contribution is 2.21. The molecule has 106 valence electrons. The number of unbranched alkanes of at least 4 members (excludes halogenated alkanes) is 2. The van der Waals surface area contributed by atoms with Gasteiger partial charge >= 0.3 is 6.03 Å². The van der Waals surface area contributed by atoms with Gasteiger partial charge in [0.2, 0.25) is 0 Å². The number of urea groups is 1. The molecule has 1 saturated heterocycles. The van der Waals surface area contributed by atoms with E-state index in [9.17, 15) is 4.79 Å². The second-order valence-electron chi connectivity index (χ2n) is 5.46. The van der Waals surface area contributed by atoms with Crippen LogP contribution in [0.4, 0.5) is 4.79 Å². The number of piperidine rings is 1. The van der Waals surface area contributed by atoms with E-state index in [2.05, 4.69) is 19.2 Å². The van der Waals surface area contributed by atoms with Gasteiger partial charge in [-0.3, -0.25) is 0 Å². The zero-order chi connectivity index (χ0) is 13.4. The molecule has 4 heteroatoms. The van der Waals surface area contributed by atoms with Crippen molar-refractivity contribution < 1.29 is 9.53 Å². The highest BCUT2D eigenvalue weighted by atomic mass is 16.5. The lowest BCUT2D eigenvalue weighted by atomic mass is 9.94. The van der Waals surface area contributed by atoms with Crippen LogP contribution in [-0.4, -0.2) is 43.8 Å². The van der Waals surface area contributed by atoms with E-state index < -0.39 is 0 Å². The van der Waals surface area contributed by atoms with Crippen molar-refractivity contribution in [3.05, 3.63) is 0 Å². The molecule has 2 amide bonds. The molecule has 1 fully saturated rings. The third-order valence-corrected chi connectivity index (χ3v) is 3.70. The van der Waals surface area contributed by atoms with E-state index in [1.165, 1.54) is 0 Å². The molecule has 0 aromatic carbocycles. The first-order valence-corrected chi connectivity index (χ1v) is 7.18. The lowest BCUT2D eigenvalue weighted by molar-refractivity contribution is 0.139. The molecule has 1 heterocycles. The molecule has 4 nitrogen and oxygen atoms in total. The third kappa shape index (κ3) is 5.25. The van der Waals surface area contributed by atoms with Crippen LogP contribution in [0.25, 0.3) is 0 Å². The van der Waals surface area contributed by atoms with Crippen LogP contribution in [0.2, 0.25) is 0 Å². The van der Waals surface area contributed by atoms with Gasteiger partial charge in [-0.15, -0.1) is 0 Å². The fraction of sp³-hybridized carbons (Fsp3) is 0.929. The van der Waals surface area contributed by atoms with Crippen LogP contribution in [0.3, 0.4) is 0 Å². The SMILES string of the molecule is COCCCCCNC(=O)N1CC[C@@H](C)C[C@@H]1C. The van der Waals surface area contributed by atoms with Gasteiger partial charge < -0.3 is 15.0 Å². The van der Waals surface area contributed by atoms with Gasteiger partial charge in [0.1, 0.15) is 0 Å². The summed E-state index contributed by atoms with van der Waals surface area (Å²) in [4.78, 5) is 14.0. The number of nitrogens with zero attached hydrogens (tertiary/aromatic N) is 1. The van der Waals surface area contributed by atoms with Crippen molar-refractivity contribution in [2.45, 2.75) is 52.0 Å². The van der Waals surface area contributed by atoms with E-state index in [4.69, 9.17) is 4.74 Å². The Bertz CT molecular complexity index is 246. The molecule has 0 aromatic heterocycles. The van der Waals surface area contributed by atoms with Crippen LogP contribution in [0.15, 0.2) is 0 Å². The lowest BCUT2D eigenvalue weighted by Gasteiger charge is -2.36. The van der Waals surface area contributed by atoms with E-state index in [0.29, 0.717) is 6.04 Å². The van der Waals surface area contributed by atoms with Gasteiger partial charge in [-0.1, -0.05) is 6.92 Å². The second-order valence-corrected chi connectivity index (χ2v) is 5.46. The van der Waals surface area contributed by atoms with Gasteiger partial charge in [0.25, 0.3) is 0 Å². The standard InChI is InChI=1S/C14H28N2O2/c1-12-7-9-16(13(2)11-12)14(17)15-8-5-4-6-10-18-3/h12-13H,4-11H2,1-3H3,(H,15,17)/t12-,13+/m1/s1. The van der Waals surface area contributed by atoms with E-state index in [1.807, 2.05) is 4.90 Å². The van der Waals surface area contributed by atoms with E-state index in [1.54, 1.807) is 7.11 Å². The molecular formula is C14H28N2O2. The topological polar surface area (TPSA) is 41.6 Å². The summed E-state index contributed by atoms with van der Waals surface area (Å²) in [6.07, 6.45) is 5.48. The summed E-state index contributed by atoms with van der Waals surface area (Å²) in [6, 6.07) is 0.489. The average molecular weight is 256 g/mol. The van der Waals surface area contributed by atoms with Gasteiger partial charge in [-0.2, -0.15) is 0 Å². The Kier molecular flexibility index (Phi) is 7.09. The number of hydrogen-bond acceptors (Lipinski definition) is 2. The van der Waals surface area contributed by atoms with Crippen LogP contribution in [0.1, 0.15) is 46.0 Å². The van der Waals surface area contributed by atoms with Crippen LogP contribution in [0.5, 0.6) is 0 Å². The minimum atomic E-state index is 0.112. The fourth-order valence-electron chi connectivity index (χ4n) is 2.55. The van der Waals surface area contributed by atoms with Gasteiger partial charge in [0.15, 0.2) is 0 Å². The Balaban J connectivity index is 2.12. The summed E-state index contributed by atoms with van der Waals surface area (Å²) in [6.45, 7) is 6.91. The van der Waals surface area contributed by atoms with Crippen molar-refractivity contribution in [1.82, 2.24) is 10.2 Å². The first kappa shape index (κ1) is 15.3. The number of likely N-dealkylation sites (tertiary alicyclic amines) is 1. The van der Waals surface area contributed by atoms with E-state index in [0.717, 1.165) is 57.7 Å². The van der Waals surface area contributed by atoms with Crippen LogP contribution < -0.4 is 5.32 Å². The molecule has 1 aliphatic rings. The molecule has 0 aromatic rings. The quantitative estimate of drug-likeness (QED) is 0.742. The number of ether oxygens (including phenoxy) is 1. The summed E-state index contributed by atoms with van der Waals surface area (Å²) in [7, 11) is 1.72. The van der Waals surface area contributed by atoms with Crippen molar-refractivity contribution in [3.8, 4) is 0 Å². The number of amides is 2. The molecule has 1 aliphatic heterocycles. The van der Waals surface area contributed by atoms with Crippen LogP contribution in [-0.2, 0) is 4.74 Å². The Morgan fingerprint density at radius 1 is 1.33 bits per heavy atom. The zero-order valence-corrected chi connectivity index (χ0v) is 12.1. The van der Waals surface area contributed by atoms with Crippen molar-refractivity contribution in [3.63, 3.8) is 0 Å². The summed E-state index contributed by atoms with van der Waals surface area (Å²) in [5.41, 5.74) is 0. The van der Waals surface area contributed by atoms with Gasteiger partial charge in [-0.25, -0.2) is 4.79 Å². The number of nitrogens with one attached hydrogen (secondary N) is 1. The van der Waals surface area contributed by atoms with E-state index >= 15 is 0 Å². The first-order valence-electron chi connectivity index (χ1n) is 7.18. The predicted octanol–water partition coefficient (Wildman–Crippen LogP) is 2.63. The number of carbonyl (C=O) groups is 1. The van der Waals surface area contributed by atoms with Gasteiger partial charge in [0.05, 0.1) is 0 Å². The molecule has 0 radical (unpaired) electrons. The normalized spacial score (nSPS) is 24.1. The molecule has 18 heavy (non-hydrogen) atoms. The first-order chi connectivity index (χ1) is 8.65. The average Bonchev–Trinajstić information content (AvgIpc) is 2.33. The van der Waals surface area contributed by atoms with Crippen molar-refractivity contribution in [2.24, 2.45) is 5.92 Å². The summed E-state index contributed by atoms with van der Waals surface area (Å²) < 4.78 is 4.99. The minimum absolute atomic E-state index is 0.112. The molecule has 0 saturated carbocycles. The summed E-state index contributed by atoms with van der Waals surface area (Å²) in [5, 5.41) is 3.02. The molecule has 0 bridgehead atoms. The molecule has 2 atom stereocenters. The monoisotopic (exact) mass is 256 g/mol. The number of carbonyl (C=O) groups excluding carboxylic acids is 1. The molecule has 0 unspecified atom stereocenters. The molecule has 0 spiro atoms. The second kappa shape index (κ2) is 8.35. The maximum atomic E-state index is 12.0. The molecule has 1 N–H and O–H groups in total. The molecular weight excluding hydrogens is 228 g/mol. The summed E-state index contributed by atoms with van der Waals surface area (Å²) >= 11 is 0. The lowest BCUT2D eigenvalue weighted by Crippen LogP contribution is -2.49. The Morgan fingerprint density at radius 3 is 2.78 bits per heavy atom. The maximum Gasteiger partial charge on any atom is 0.317 e. The van der Waals surface area contributed by atoms with E-state index in [-0.39, 0.29) is 6.03 Å². The summed E-state index contributed by atoms with van der Waals surface area (Å²) in [5.74, 6) is 0.748. The fourth-order valence-corrected chi connectivity index (χ4v) is 2.55. The smallest absolute Gasteiger partial charge is 0.317 e. The van der Waals surface area contributed by atoms with Crippen LogP contribution in [0, 0.1) is 5.92 Å². The molecule has 0 aliphatic carbocycles. The number of methoxy groups -OCH3 is 1.